The van der Waals surface area contributed by atoms with Crippen LogP contribution in [0.5, 0.6) is 0 Å². The summed E-state index contributed by atoms with van der Waals surface area (Å²) in [6.07, 6.45) is 8.65. The largest absolute Gasteiger partial charge is 0.390 e. The molecule has 0 radical (unpaired) electrons. The number of hydrogen-bond donors (Lipinski definition) is 3. The van der Waals surface area contributed by atoms with E-state index in [0.717, 1.165) is 36.6 Å². The molecule has 4 saturated carbocycles. The molecule has 176 valence electrons. The summed E-state index contributed by atoms with van der Waals surface area (Å²) in [4.78, 5) is 15.5. The maximum absolute atomic E-state index is 11.6. The minimum Gasteiger partial charge on any atom is -0.390 e. The molecule has 5 fully saturated rings. The average molecular weight is 471 g/mol. The Morgan fingerprint density at radius 1 is 1.03 bits per heavy atom. The van der Waals surface area contributed by atoms with Gasteiger partial charge in [-0.3, -0.25) is 0 Å². The number of pyridine rings is 1. The summed E-state index contributed by atoms with van der Waals surface area (Å²) in [6, 6.07) is 6.06. The van der Waals surface area contributed by atoms with E-state index in [1.807, 2.05) is 23.1 Å². The Balaban J connectivity index is 1.11. The van der Waals surface area contributed by atoms with E-state index in [1.165, 1.54) is 12.8 Å². The number of sulfone groups is 1. The van der Waals surface area contributed by atoms with Gasteiger partial charge in [-0.25, -0.2) is 18.4 Å². The topological polar surface area (TPSA) is 120 Å². The number of nitrogens with zero attached hydrogens (tertiary/aromatic N) is 4. The number of aromatic nitrogens is 3. The lowest BCUT2D eigenvalue weighted by atomic mass is 9.52. The van der Waals surface area contributed by atoms with E-state index in [0.29, 0.717) is 42.8 Å². The van der Waals surface area contributed by atoms with Crippen molar-refractivity contribution < 1.29 is 13.5 Å². The Hall–Kier alpha value is -2.46. The number of nitrogens with one attached hydrogen (secondary N) is 2. The van der Waals surface area contributed by atoms with Crippen LogP contribution in [0.1, 0.15) is 32.1 Å². The molecule has 0 aromatic carbocycles. The van der Waals surface area contributed by atoms with E-state index in [1.54, 1.807) is 12.4 Å². The van der Waals surface area contributed by atoms with Crippen molar-refractivity contribution in [1.29, 1.82) is 0 Å². The Morgan fingerprint density at radius 2 is 1.79 bits per heavy atom. The van der Waals surface area contributed by atoms with Crippen molar-refractivity contribution in [2.45, 2.75) is 43.7 Å². The molecule has 10 heteroatoms. The summed E-state index contributed by atoms with van der Waals surface area (Å²) in [5.41, 5.74) is 0.340. The lowest BCUT2D eigenvalue weighted by Crippen LogP contribution is -2.59. The zero-order valence-electron chi connectivity index (χ0n) is 18.5. The van der Waals surface area contributed by atoms with Crippen LogP contribution in [0, 0.1) is 17.8 Å². The maximum Gasteiger partial charge on any atom is 0.229 e. The molecule has 33 heavy (non-hydrogen) atoms. The van der Waals surface area contributed by atoms with Gasteiger partial charge in [0.15, 0.2) is 9.84 Å². The van der Waals surface area contributed by atoms with E-state index in [4.69, 9.17) is 0 Å². The molecule has 4 bridgehead atoms. The Bertz CT molecular complexity index is 1110. The zero-order valence-corrected chi connectivity index (χ0v) is 19.3. The minimum atomic E-state index is -2.91. The van der Waals surface area contributed by atoms with Gasteiger partial charge in [0.1, 0.15) is 11.6 Å². The van der Waals surface area contributed by atoms with Crippen LogP contribution in [-0.2, 0) is 9.84 Å². The SMILES string of the molecule is O=S1(=O)CCN(c2ccc(Nc3nccc(NC4C5CC6CC4CC(O)(C6)C5)n3)cn2)CC1. The van der Waals surface area contributed by atoms with Gasteiger partial charge in [0.2, 0.25) is 5.95 Å². The fraction of sp³-hybridized carbons (Fsp3) is 0.609. The second-order valence-electron chi connectivity index (χ2n) is 10.3. The molecule has 1 saturated heterocycles. The predicted octanol–water partition coefficient (Wildman–Crippen LogP) is 2.20. The molecule has 5 aliphatic rings. The molecule has 0 amide bonds. The predicted molar refractivity (Wildman–Crippen MR) is 126 cm³/mol. The normalized spacial score (nSPS) is 34.3. The average Bonchev–Trinajstić information content (AvgIpc) is 2.76. The summed E-state index contributed by atoms with van der Waals surface area (Å²) >= 11 is 0. The van der Waals surface area contributed by atoms with Crippen LogP contribution in [0.3, 0.4) is 0 Å². The second kappa shape index (κ2) is 7.80. The van der Waals surface area contributed by atoms with Crippen molar-refractivity contribution in [2.75, 3.05) is 40.1 Å². The third-order valence-electron chi connectivity index (χ3n) is 7.88. The Morgan fingerprint density at radius 3 is 2.45 bits per heavy atom. The number of aliphatic hydroxyl groups is 1. The molecule has 7 rings (SSSR count). The monoisotopic (exact) mass is 470 g/mol. The molecule has 9 nitrogen and oxygen atoms in total. The van der Waals surface area contributed by atoms with Gasteiger partial charge in [0.05, 0.1) is 29.0 Å². The van der Waals surface area contributed by atoms with Crippen LogP contribution in [0.4, 0.5) is 23.3 Å². The molecule has 2 atom stereocenters. The van der Waals surface area contributed by atoms with Crippen LogP contribution in [-0.4, -0.2) is 64.7 Å². The number of rotatable bonds is 5. The number of hydrogen-bond acceptors (Lipinski definition) is 9. The summed E-state index contributed by atoms with van der Waals surface area (Å²) in [7, 11) is -2.91. The molecule has 2 aromatic rings. The highest BCUT2D eigenvalue weighted by Crippen LogP contribution is 2.56. The molecule has 2 aromatic heterocycles. The van der Waals surface area contributed by atoms with Gasteiger partial charge in [0, 0.05) is 25.3 Å². The van der Waals surface area contributed by atoms with Crippen molar-refractivity contribution in [2.24, 2.45) is 17.8 Å². The third kappa shape index (κ3) is 4.26. The van der Waals surface area contributed by atoms with Crippen molar-refractivity contribution in [1.82, 2.24) is 15.0 Å². The van der Waals surface area contributed by atoms with Crippen molar-refractivity contribution in [3.63, 3.8) is 0 Å². The zero-order chi connectivity index (χ0) is 22.6. The number of anilines is 4. The maximum atomic E-state index is 11.6. The van der Waals surface area contributed by atoms with Crippen LogP contribution in [0.15, 0.2) is 30.6 Å². The van der Waals surface area contributed by atoms with Crippen LogP contribution in [0.2, 0.25) is 0 Å². The van der Waals surface area contributed by atoms with Gasteiger partial charge >= 0.3 is 0 Å². The first kappa shape index (κ1) is 21.1. The summed E-state index contributed by atoms with van der Waals surface area (Å²) in [6.45, 7) is 0.945. The van der Waals surface area contributed by atoms with Crippen molar-refractivity contribution in [3.05, 3.63) is 30.6 Å². The molecule has 3 N–H and O–H groups in total. The van der Waals surface area contributed by atoms with E-state index in [9.17, 15) is 13.5 Å². The van der Waals surface area contributed by atoms with E-state index in [-0.39, 0.29) is 11.5 Å². The molecule has 2 unspecified atom stereocenters. The molecule has 1 aliphatic heterocycles. The first-order valence-corrected chi connectivity index (χ1v) is 13.7. The van der Waals surface area contributed by atoms with Gasteiger partial charge in [-0.05, 0) is 68.1 Å². The Kier molecular flexibility index (Phi) is 4.99. The lowest BCUT2D eigenvalue weighted by molar-refractivity contribution is -0.129. The van der Waals surface area contributed by atoms with Crippen LogP contribution >= 0.6 is 0 Å². The minimum absolute atomic E-state index is 0.172. The first-order chi connectivity index (χ1) is 15.8. The summed E-state index contributed by atoms with van der Waals surface area (Å²) < 4.78 is 23.3. The van der Waals surface area contributed by atoms with Crippen molar-refractivity contribution in [3.8, 4) is 0 Å². The van der Waals surface area contributed by atoms with Gasteiger partial charge in [0.25, 0.3) is 0 Å². The smallest absolute Gasteiger partial charge is 0.229 e. The molecule has 3 heterocycles. The summed E-state index contributed by atoms with van der Waals surface area (Å²) in [5, 5.41) is 17.7. The molecule has 0 spiro atoms. The highest BCUT2D eigenvalue weighted by molar-refractivity contribution is 7.91. The molecular weight excluding hydrogens is 440 g/mol. The van der Waals surface area contributed by atoms with Crippen molar-refractivity contribution >= 4 is 33.1 Å². The van der Waals surface area contributed by atoms with Gasteiger partial charge < -0.3 is 20.6 Å². The molecular formula is C23H30N6O3S. The second-order valence-corrected chi connectivity index (χ2v) is 12.6. The lowest BCUT2D eigenvalue weighted by Gasteiger charge is -2.58. The standard InChI is InChI=1S/C23H30N6O3S/c30-23-11-15-9-16(12-23)21(17(10-15)13-23)27-19-3-4-24-22(28-19)26-18-1-2-20(25-14-18)29-5-7-33(31,32)8-6-29/h1-4,14-17,21,30H,5-13H2,(H2,24,26,27,28). The Labute approximate surface area is 194 Å². The van der Waals surface area contributed by atoms with Crippen LogP contribution in [0.25, 0.3) is 0 Å². The third-order valence-corrected chi connectivity index (χ3v) is 9.49. The van der Waals surface area contributed by atoms with Gasteiger partial charge in [-0.15, -0.1) is 0 Å². The highest BCUT2D eigenvalue weighted by atomic mass is 32.2. The van der Waals surface area contributed by atoms with Crippen LogP contribution < -0.4 is 15.5 Å². The van der Waals surface area contributed by atoms with Gasteiger partial charge in [-0.1, -0.05) is 0 Å². The first-order valence-electron chi connectivity index (χ1n) is 11.8. The van der Waals surface area contributed by atoms with Gasteiger partial charge in [-0.2, -0.15) is 4.98 Å². The summed E-state index contributed by atoms with van der Waals surface area (Å²) in [5.74, 6) is 4.12. The van der Waals surface area contributed by atoms with E-state index >= 15 is 0 Å². The van der Waals surface area contributed by atoms with E-state index in [2.05, 4.69) is 25.6 Å². The fourth-order valence-electron chi connectivity index (χ4n) is 6.60. The van der Waals surface area contributed by atoms with E-state index < -0.39 is 15.4 Å². The highest BCUT2D eigenvalue weighted by Gasteiger charge is 2.54. The fourth-order valence-corrected chi connectivity index (χ4v) is 7.81. The quantitative estimate of drug-likeness (QED) is 0.604. The molecule has 4 aliphatic carbocycles.